The van der Waals surface area contributed by atoms with Crippen LogP contribution in [0.25, 0.3) is 0 Å². The predicted molar refractivity (Wildman–Crippen MR) is 79.7 cm³/mol. The van der Waals surface area contributed by atoms with E-state index in [1.54, 1.807) is 18.3 Å². The van der Waals surface area contributed by atoms with Crippen molar-refractivity contribution in [2.75, 3.05) is 4.72 Å². The van der Waals surface area contributed by atoms with Crippen LogP contribution in [0.4, 0.5) is 5.13 Å². The van der Waals surface area contributed by atoms with Crippen LogP contribution in [0.5, 0.6) is 0 Å². The van der Waals surface area contributed by atoms with Crippen molar-refractivity contribution in [3.8, 4) is 0 Å². The molecule has 19 heavy (non-hydrogen) atoms. The fraction of sp³-hybridized carbons (Fsp3) is 0.182. The molecule has 2 rings (SSSR count). The number of halogens is 1. The molecule has 1 unspecified atom stereocenters. The number of benzene rings is 1. The Morgan fingerprint density at radius 2 is 2.00 bits per heavy atom. The minimum absolute atomic E-state index is 0.125. The maximum absolute atomic E-state index is 12.1. The summed E-state index contributed by atoms with van der Waals surface area (Å²) in [5, 5.41) is 0.322. The van der Waals surface area contributed by atoms with Gasteiger partial charge < -0.3 is 5.73 Å². The number of rotatable bonds is 4. The third kappa shape index (κ3) is 3.53. The molecule has 0 aliphatic heterocycles. The van der Waals surface area contributed by atoms with Crippen LogP contribution < -0.4 is 10.5 Å². The topological polar surface area (TPSA) is 85.1 Å². The lowest BCUT2D eigenvalue weighted by atomic mass is 10.1. The maximum atomic E-state index is 12.1. The van der Waals surface area contributed by atoms with Crippen molar-refractivity contribution < 1.29 is 8.42 Å². The highest BCUT2D eigenvalue weighted by Crippen LogP contribution is 2.25. The Labute approximate surface area is 124 Å². The van der Waals surface area contributed by atoms with E-state index in [4.69, 9.17) is 5.73 Å². The van der Waals surface area contributed by atoms with Crippen molar-refractivity contribution in [2.24, 2.45) is 5.73 Å². The first-order chi connectivity index (χ1) is 8.88. The molecule has 0 spiro atoms. The monoisotopic (exact) mass is 361 g/mol. The van der Waals surface area contributed by atoms with Crippen LogP contribution >= 0.6 is 27.3 Å². The van der Waals surface area contributed by atoms with Crippen LogP contribution in [0.1, 0.15) is 18.5 Å². The van der Waals surface area contributed by atoms with E-state index in [1.165, 1.54) is 23.5 Å². The molecule has 0 aliphatic carbocycles. The number of nitrogens with two attached hydrogens (primary N) is 1. The third-order valence-corrected chi connectivity index (χ3v) is 5.29. The van der Waals surface area contributed by atoms with Crippen molar-refractivity contribution in [1.29, 1.82) is 0 Å². The van der Waals surface area contributed by atoms with Gasteiger partial charge >= 0.3 is 0 Å². The average molecular weight is 362 g/mol. The van der Waals surface area contributed by atoms with Crippen molar-refractivity contribution >= 4 is 42.4 Å². The highest BCUT2D eigenvalue weighted by molar-refractivity contribution is 9.11. The van der Waals surface area contributed by atoms with E-state index in [0.29, 0.717) is 5.13 Å². The summed E-state index contributed by atoms with van der Waals surface area (Å²) >= 11 is 4.44. The molecule has 5 nitrogen and oxygen atoms in total. The van der Waals surface area contributed by atoms with Gasteiger partial charge in [0.15, 0.2) is 5.13 Å². The van der Waals surface area contributed by atoms with Gasteiger partial charge in [-0.3, -0.25) is 4.72 Å². The second-order valence-electron chi connectivity index (χ2n) is 3.93. The second-order valence-corrected chi connectivity index (χ2v) is 8.03. The summed E-state index contributed by atoms with van der Waals surface area (Å²) in [6.45, 7) is 1.84. The molecule has 0 aliphatic rings. The number of nitrogens with zero attached hydrogens (tertiary/aromatic N) is 1. The highest BCUT2D eigenvalue weighted by Gasteiger charge is 2.16. The molecule has 3 N–H and O–H groups in total. The summed E-state index contributed by atoms with van der Waals surface area (Å²) in [6.07, 6.45) is 1.54. The minimum Gasteiger partial charge on any atom is -0.324 e. The first-order valence-electron chi connectivity index (χ1n) is 5.38. The molecule has 1 heterocycles. The van der Waals surface area contributed by atoms with Gasteiger partial charge in [0, 0.05) is 6.04 Å². The minimum atomic E-state index is -3.61. The lowest BCUT2D eigenvalue weighted by Gasteiger charge is -2.08. The summed E-state index contributed by atoms with van der Waals surface area (Å²) in [5.74, 6) is 0. The van der Waals surface area contributed by atoms with Crippen molar-refractivity contribution in [3.05, 3.63) is 39.8 Å². The van der Waals surface area contributed by atoms with Crippen LogP contribution in [-0.2, 0) is 10.0 Å². The van der Waals surface area contributed by atoms with Crippen LogP contribution in [0.2, 0.25) is 0 Å². The summed E-state index contributed by atoms with van der Waals surface area (Å²) in [5.41, 5.74) is 6.61. The Bertz CT molecular complexity index is 666. The lowest BCUT2D eigenvalue weighted by molar-refractivity contribution is 0.601. The summed E-state index contributed by atoms with van der Waals surface area (Å²) in [7, 11) is -3.61. The second kappa shape index (κ2) is 5.58. The van der Waals surface area contributed by atoms with Gasteiger partial charge in [-0.05, 0) is 40.5 Å². The number of sulfonamides is 1. The van der Waals surface area contributed by atoms with E-state index < -0.39 is 10.0 Å². The van der Waals surface area contributed by atoms with Crippen LogP contribution in [0.15, 0.2) is 39.1 Å². The Morgan fingerprint density at radius 1 is 1.37 bits per heavy atom. The Balaban J connectivity index is 2.24. The number of anilines is 1. The number of nitrogens with one attached hydrogen (secondary N) is 1. The molecule has 0 saturated carbocycles. The smallest absolute Gasteiger partial charge is 0.263 e. The van der Waals surface area contributed by atoms with Gasteiger partial charge in [-0.25, -0.2) is 13.4 Å². The molecular weight excluding hydrogens is 350 g/mol. The van der Waals surface area contributed by atoms with E-state index in [2.05, 4.69) is 25.6 Å². The van der Waals surface area contributed by atoms with Crippen LogP contribution in [0, 0.1) is 0 Å². The predicted octanol–water partition coefficient (Wildman–Crippen LogP) is 2.73. The van der Waals surface area contributed by atoms with E-state index in [0.717, 1.165) is 9.35 Å². The lowest BCUT2D eigenvalue weighted by Crippen LogP contribution is -2.13. The molecule has 1 atom stereocenters. The Morgan fingerprint density at radius 3 is 2.47 bits per heavy atom. The van der Waals surface area contributed by atoms with Crippen molar-refractivity contribution in [3.63, 3.8) is 0 Å². The molecule has 0 amide bonds. The molecule has 0 saturated heterocycles. The molecule has 102 valence electrons. The zero-order valence-corrected chi connectivity index (χ0v) is 13.2. The van der Waals surface area contributed by atoms with E-state index in [1.807, 2.05) is 6.92 Å². The van der Waals surface area contributed by atoms with Gasteiger partial charge in [-0.1, -0.05) is 23.5 Å². The SMILES string of the molecule is CC(N)c1ccc(S(=O)(=O)Nc2ncc(Br)s2)cc1. The largest absolute Gasteiger partial charge is 0.324 e. The van der Waals surface area contributed by atoms with Crippen molar-refractivity contribution in [2.45, 2.75) is 17.9 Å². The molecule has 1 aromatic carbocycles. The normalized spacial score (nSPS) is 13.2. The number of thiazole rings is 1. The van der Waals surface area contributed by atoms with Gasteiger partial charge in [0.2, 0.25) is 0 Å². The first kappa shape index (κ1) is 14.4. The third-order valence-electron chi connectivity index (χ3n) is 2.42. The molecule has 1 aromatic heterocycles. The van der Waals surface area contributed by atoms with Gasteiger partial charge in [-0.15, -0.1) is 0 Å². The summed E-state index contributed by atoms with van der Waals surface area (Å²) < 4.78 is 27.4. The molecule has 0 bridgehead atoms. The molecule has 8 heteroatoms. The highest BCUT2D eigenvalue weighted by atomic mass is 79.9. The fourth-order valence-corrected chi connectivity index (χ4v) is 3.77. The summed E-state index contributed by atoms with van der Waals surface area (Å²) in [4.78, 5) is 4.12. The van der Waals surface area contributed by atoms with Gasteiger partial charge in [0.25, 0.3) is 10.0 Å². The number of hydrogen-bond acceptors (Lipinski definition) is 5. The van der Waals surface area contributed by atoms with E-state index in [9.17, 15) is 8.42 Å². The zero-order valence-electron chi connectivity index (χ0n) is 10.00. The van der Waals surface area contributed by atoms with Gasteiger partial charge in [-0.2, -0.15) is 0 Å². The molecule has 0 radical (unpaired) electrons. The zero-order chi connectivity index (χ0) is 14.0. The van der Waals surface area contributed by atoms with Crippen LogP contribution in [0.3, 0.4) is 0 Å². The standard InChI is InChI=1S/C11H12BrN3O2S2/c1-7(13)8-2-4-9(5-3-8)19(16,17)15-11-14-6-10(12)18-11/h2-7H,13H2,1H3,(H,14,15). The van der Waals surface area contributed by atoms with Crippen LogP contribution in [-0.4, -0.2) is 13.4 Å². The maximum Gasteiger partial charge on any atom is 0.263 e. The van der Waals surface area contributed by atoms with Gasteiger partial charge in [0.05, 0.1) is 14.9 Å². The molecule has 0 fully saturated rings. The van der Waals surface area contributed by atoms with E-state index >= 15 is 0 Å². The fourth-order valence-electron chi connectivity index (χ4n) is 1.43. The average Bonchev–Trinajstić information content (AvgIpc) is 2.74. The Hall–Kier alpha value is -0.960. The van der Waals surface area contributed by atoms with Gasteiger partial charge in [0.1, 0.15) is 0 Å². The summed E-state index contributed by atoms with van der Waals surface area (Å²) in [6, 6.07) is 6.35. The van der Waals surface area contributed by atoms with E-state index in [-0.39, 0.29) is 10.9 Å². The quantitative estimate of drug-likeness (QED) is 0.876. The Kier molecular flexibility index (Phi) is 4.24. The molecular formula is C11H12BrN3O2S2. The molecule has 2 aromatic rings. The first-order valence-corrected chi connectivity index (χ1v) is 8.47. The number of hydrogen-bond donors (Lipinski definition) is 2. The number of aromatic nitrogens is 1. The van der Waals surface area contributed by atoms with Crippen molar-refractivity contribution in [1.82, 2.24) is 4.98 Å².